The van der Waals surface area contributed by atoms with Crippen LogP contribution in [0.5, 0.6) is 5.75 Å². The average Bonchev–Trinajstić information content (AvgIpc) is 2.46. The second-order valence-corrected chi connectivity index (χ2v) is 3.80. The lowest BCUT2D eigenvalue weighted by atomic mass is 10.2. The number of aldehydes is 1. The monoisotopic (exact) mass is 242 g/mol. The van der Waals surface area contributed by atoms with E-state index < -0.39 is 0 Å². The van der Waals surface area contributed by atoms with Crippen molar-refractivity contribution in [1.29, 1.82) is 0 Å². The Kier molecular flexibility index (Phi) is 3.91. The number of aromatic nitrogens is 1. The standard InChI is InChI=1S/C14H14N2O2/c1-18-13-5-2-11(3-6-13)8-15-14-7-4-12(10-17)9-16-14/h2-7,9-10H,8H2,1H3,(H,15,16). The van der Waals surface area contributed by atoms with Gasteiger partial charge in [-0.05, 0) is 29.8 Å². The predicted molar refractivity (Wildman–Crippen MR) is 69.9 cm³/mol. The third-order valence-corrected chi connectivity index (χ3v) is 2.56. The quantitative estimate of drug-likeness (QED) is 0.818. The van der Waals surface area contributed by atoms with Crippen LogP contribution in [0.3, 0.4) is 0 Å². The van der Waals surface area contributed by atoms with Crippen molar-refractivity contribution in [3.8, 4) is 5.75 Å². The van der Waals surface area contributed by atoms with Crippen LogP contribution in [0.25, 0.3) is 0 Å². The van der Waals surface area contributed by atoms with Gasteiger partial charge in [0, 0.05) is 18.3 Å². The highest BCUT2D eigenvalue weighted by atomic mass is 16.5. The van der Waals surface area contributed by atoms with Gasteiger partial charge in [0.2, 0.25) is 0 Å². The summed E-state index contributed by atoms with van der Waals surface area (Å²) in [6.45, 7) is 0.678. The normalized spacial score (nSPS) is 9.83. The molecule has 92 valence electrons. The Morgan fingerprint density at radius 3 is 2.56 bits per heavy atom. The number of hydrogen-bond donors (Lipinski definition) is 1. The van der Waals surface area contributed by atoms with Crippen molar-refractivity contribution >= 4 is 12.1 Å². The lowest BCUT2D eigenvalue weighted by Gasteiger charge is -2.06. The molecule has 1 N–H and O–H groups in total. The van der Waals surface area contributed by atoms with Crippen LogP contribution in [0.1, 0.15) is 15.9 Å². The molecule has 0 bridgehead atoms. The molecule has 2 aromatic rings. The molecule has 0 atom stereocenters. The molecule has 4 nitrogen and oxygen atoms in total. The molecular formula is C14H14N2O2. The minimum atomic E-state index is 0.574. The zero-order valence-corrected chi connectivity index (χ0v) is 10.1. The van der Waals surface area contributed by atoms with Crippen molar-refractivity contribution in [1.82, 2.24) is 4.98 Å². The van der Waals surface area contributed by atoms with Gasteiger partial charge in [-0.3, -0.25) is 4.79 Å². The summed E-state index contributed by atoms with van der Waals surface area (Å²) in [5, 5.41) is 3.18. The molecule has 0 aliphatic rings. The summed E-state index contributed by atoms with van der Waals surface area (Å²) in [6.07, 6.45) is 2.32. The second kappa shape index (κ2) is 5.82. The van der Waals surface area contributed by atoms with Gasteiger partial charge in [-0.15, -0.1) is 0 Å². The molecule has 18 heavy (non-hydrogen) atoms. The molecule has 0 aliphatic heterocycles. The number of hydrogen-bond acceptors (Lipinski definition) is 4. The third-order valence-electron chi connectivity index (χ3n) is 2.56. The maximum atomic E-state index is 10.5. The van der Waals surface area contributed by atoms with Crippen molar-refractivity contribution < 1.29 is 9.53 Å². The summed E-state index contributed by atoms with van der Waals surface area (Å²) >= 11 is 0. The molecule has 0 fully saturated rings. The maximum Gasteiger partial charge on any atom is 0.151 e. The number of ether oxygens (including phenoxy) is 1. The van der Waals surface area contributed by atoms with Gasteiger partial charge in [-0.2, -0.15) is 0 Å². The first kappa shape index (κ1) is 12.1. The van der Waals surface area contributed by atoms with Gasteiger partial charge in [0.05, 0.1) is 7.11 Å². The molecule has 1 heterocycles. The van der Waals surface area contributed by atoms with Crippen LogP contribution in [-0.2, 0) is 6.54 Å². The fourth-order valence-corrected chi connectivity index (χ4v) is 1.52. The highest BCUT2D eigenvalue weighted by Crippen LogP contribution is 2.12. The zero-order valence-electron chi connectivity index (χ0n) is 10.1. The first-order valence-electron chi connectivity index (χ1n) is 5.60. The number of nitrogens with one attached hydrogen (secondary N) is 1. The van der Waals surface area contributed by atoms with Crippen LogP contribution in [0.15, 0.2) is 42.6 Å². The van der Waals surface area contributed by atoms with Gasteiger partial charge in [0.1, 0.15) is 11.6 Å². The topological polar surface area (TPSA) is 51.2 Å². The minimum absolute atomic E-state index is 0.574. The van der Waals surface area contributed by atoms with E-state index in [1.165, 1.54) is 0 Å². The summed E-state index contributed by atoms with van der Waals surface area (Å²) in [5.41, 5.74) is 1.71. The van der Waals surface area contributed by atoms with Crippen LogP contribution >= 0.6 is 0 Å². The Morgan fingerprint density at radius 1 is 1.22 bits per heavy atom. The Hall–Kier alpha value is -2.36. The van der Waals surface area contributed by atoms with Gasteiger partial charge in [-0.1, -0.05) is 12.1 Å². The molecule has 0 radical (unpaired) electrons. The first-order valence-corrected chi connectivity index (χ1v) is 5.60. The molecule has 1 aromatic carbocycles. The number of carbonyl (C=O) groups excluding carboxylic acids is 1. The number of methoxy groups -OCH3 is 1. The van der Waals surface area contributed by atoms with Gasteiger partial charge in [0.15, 0.2) is 6.29 Å². The van der Waals surface area contributed by atoms with Gasteiger partial charge in [0.25, 0.3) is 0 Å². The molecule has 4 heteroatoms. The molecule has 1 aromatic heterocycles. The molecule has 0 unspecified atom stereocenters. The molecule has 0 aliphatic carbocycles. The zero-order chi connectivity index (χ0) is 12.8. The lowest BCUT2D eigenvalue weighted by Crippen LogP contribution is -2.01. The van der Waals surface area contributed by atoms with E-state index in [0.717, 1.165) is 23.4 Å². The number of rotatable bonds is 5. The first-order chi connectivity index (χ1) is 8.81. The Balaban J connectivity index is 1.95. The van der Waals surface area contributed by atoms with E-state index in [-0.39, 0.29) is 0 Å². The second-order valence-electron chi connectivity index (χ2n) is 3.80. The maximum absolute atomic E-state index is 10.5. The fourth-order valence-electron chi connectivity index (χ4n) is 1.52. The Bertz CT molecular complexity index is 506. The molecule has 0 spiro atoms. The van der Waals surface area contributed by atoms with Crippen LogP contribution in [0.4, 0.5) is 5.82 Å². The molecule has 0 saturated carbocycles. The predicted octanol–water partition coefficient (Wildman–Crippen LogP) is 2.51. The number of pyridine rings is 1. The summed E-state index contributed by atoms with van der Waals surface area (Å²) < 4.78 is 5.09. The summed E-state index contributed by atoms with van der Waals surface area (Å²) in [6, 6.07) is 11.3. The van der Waals surface area contributed by atoms with Crippen LogP contribution in [-0.4, -0.2) is 18.4 Å². The van der Waals surface area contributed by atoms with Crippen molar-refractivity contribution in [3.05, 3.63) is 53.7 Å². The van der Waals surface area contributed by atoms with E-state index in [0.29, 0.717) is 12.1 Å². The third kappa shape index (κ3) is 3.07. The highest BCUT2D eigenvalue weighted by Gasteiger charge is 1.97. The van der Waals surface area contributed by atoms with Crippen LogP contribution in [0.2, 0.25) is 0 Å². The van der Waals surface area contributed by atoms with Gasteiger partial charge >= 0.3 is 0 Å². The molecule has 0 saturated heterocycles. The van der Waals surface area contributed by atoms with E-state index in [2.05, 4.69) is 10.3 Å². The van der Waals surface area contributed by atoms with E-state index in [4.69, 9.17) is 4.74 Å². The van der Waals surface area contributed by atoms with Crippen molar-refractivity contribution in [2.45, 2.75) is 6.54 Å². The lowest BCUT2D eigenvalue weighted by molar-refractivity contribution is 0.112. The number of benzene rings is 1. The average molecular weight is 242 g/mol. The van der Waals surface area contributed by atoms with Crippen molar-refractivity contribution in [2.24, 2.45) is 0 Å². The Morgan fingerprint density at radius 2 is 2.00 bits per heavy atom. The van der Waals surface area contributed by atoms with Gasteiger partial charge < -0.3 is 10.1 Å². The smallest absolute Gasteiger partial charge is 0.151 e. The fraction of sp³-hybridized carbons (Fsp3) is 0.143. The Labute approximate surface area is 106 Å². The van der Waals surface area contributed by atoms with E-state index in [1.807, 2.05) is 24.3 Å². The van der Waals surface area contributed by atoms with Crippen molar-refractivity contribution in [3.63, 3.8) is 0 Å². The van der Waals surface area contributed by atoms with Crippen molar-refractivity contribution in [2.75, 3.05) is 12.4 Å². The van der Waals surface area contributed by atoms with E-state index >= 15 is 0 Å². The highest BCUT2D eigenvalue weighted by molar-refractivity contribution is 5.74. The summed E-state index contributed by atoms with van der Waals surface area (Å²) in [7, 11) is 1.64. The number of anilines is 1. The van der Waals surface area contributed by atoms with Gasteiger partial charge in [-0.25, -0.2) is 4.98 Å². The van der Waals surface area contributed by atoms with Crippen LogP contribution < -0.4 is 10.1 Å². The number of nitrogens with zero attached hydrogens (tertiary/aromatic N) is 1. The molecular weight excluding hydrogens is 228 g/mol. The minimum Gasteiger partial charge on any atom is -0.497 e. The summed E-state index contributed by atoms with van der Waals surface area (Å²) in [5.74, 6) is 1.59. The SMILES string of the molecule is COc1ccc(CNc2ccc(C=O)cn2)cc1. The molecule has 2 rings (SSSR count). The van der Waals surface area contributed by atoms with E-state index in [9.17, 15) is 4.79 Å². The molecule has 0 amide bonds. The number of carbonyl (C=O) groups is 1. The summed E-state index contributed by atoms with van der Waals surface area (Å²) in [4.78, 5) is 14.6. The van der Waals surface area contributed by atoms with E-state index in [1.54, 1.807) is 25.4 Å². The van der Waals surface area contributed by atoms with Crippen LogP contribution in [0, 0.1) is 0 Å². The largest absolute Gasteiger partial charge is 0.497 e.